The van der Waals surface area contributed by atoms with Crippen LogP contribution in [0, 0.1) is 5.82 Å². The second-order valence-corrected chi connectivity index (χ2v) is 3.77. The predicted octanol–water partition coefficient (Wildman–Crippen LogP) is 0.319. The van der Waals surface area contributed by atoms with Gasteiger partial charge < -0.3 is 9.84 Å². The summed E-state index contributed by atoms with van der Waals surface area (Å²) in [6.45, 7) is -0.0848. The number of halogens is 1. The Hall–Kier alpha value is -1.76. The molecule has 0 spiro atoms. The zero-order valence-corrected chi connectivity index (χ0v) is 8.93. The number of carbonyl (C=O) groups is 1. The van der Waals surface area contributed by atoms with E-state index in [4.69, 9.17) is 9.84 Å². The van der Waals surface area contributed by atoms with Gasteiger partial charge in [0, 0.05) is 6.61 Å². The molecule has 1 unspecified atom stereocenters. The molecule has 0 bridgehead atoms. The maximum Gasteiger partial charge on any atom is 0.323 e. The topological polar surface area (TPSA) is 81.4 Å². The van der Waals surface area contributed by atoms with Gasteiger partial charge in [-0.2, -0.15) is 4.39 Å². The molecule has 0 aliphatic carbocycles. The summed E-state index contributed by atoms with van der Waals surface area (Å²) in [7, 11) is 0. The van der Waals surface area contributed by atoms with E-state index in [9.17, 15) is 14.0 Å². The molecule has 1 aliphatic rings. The van der Waals surface area contributed by atoms with Crippen molar-refractivity contribution in [2.45, 2.75) is 25.5 Å². The largest absolute Gasteiger partial charge is 0.480 e. The van der Waals surface area contributed by atoms with Crippen LogP contribution >= 0.6 is 0 Å². The average Bonchev–Trinajstić information content (AvgIpc) is 2.78. The van der Waals surface area contributed by atoms with Crippen LogP contribution in [0.2, 0.25) is 0 Å². The highest BCUT2D eigenvalue weighted by molar-refractivity contribution is 5.66. The average molecular weight is 242 g/mol. The van der Waals surface area contributed by atoms with Gasteiger partial charge in [-0.15, -0.1) is 0 Å². The molecule has 17 heavy (non-hydrogen) atoms. The molecular formula is C10H11FN2O4. The Morgan fingerprint density at radius 2 is 2.47 bits per heavy atom. The quantitative estimate of drug-likeness (QED) is 0.825. The fourth-order valence-corrected chi connectivity index (χ4v) is 1.75. The molecule has 0 radical (unpaired) electrons. The molecule has 1 aromatic rings. The lowest BCUT2D eigenvalue weighted by molar-refractivity contribution is -0.137. The van der Waals surface area contributed by atoms with Crippen LogP contribution in [0.4, 0.5) is 4.39 Å². The summed E-state index contributed by atoms with van der Waals surface area (Å²) in [4.78, 5) is 25.7. The van der Waals surface area contributed by atoms with Crippen molar-refractivity contribution in [2.24, 2.45) is 0 Å². The molecule has 2 rings (SSSR count). The highest BCUT2D eigenvalue weighted by atomic mass is 19.1. The van der Waals surface area contributed by atoms with E-state index < -0.39 is 30.0 Å². The highest BCUT2D eigenvalue weighted by Crippen LogP contribution is 2.27. The number of ether oxygens (including phenoxy) is 1. The Balaban J connectivity index is 2.35. The first-order valence-corrected chi connectivity index (χ1v) is 5.18. The molecule has 2 heterocycles. The van der Waals surface area contributed by atoms with Crippen LogP contribution in [-0.4, -0.2) is 27.2 Å². The number of aromatic nitrogens is 2. The third-order valence-corrected chi connectivity index (χ3v) is 2.55. The molecule has 1 aliphatic heterocycles. The Kier molecular flexibility index (Phi) is 3.19. The van der Waals surface area contributed by atoms with Crippen molar-refractivity contribution in [1.82, 2.24) is 9.55 Å². The monoisotopic (exact) mass is 242 g/mol. The van der Waals surface area contributed by atoms with Crippen LogP contribution in [0.15, 0.2) is 11.1 Å². The van der Waals surface area contributed by atoms with Gasteiger partial charge >= 0.3 is 5.97 Å². The van der Waals surface area contributed by atoms with Gasteiger partial charge in [-0.25, -0.2) is 4.98 Å². The second kappa shape index (κ2) is 4.62. The van der Waals surface area contributed by atoms with Gasteiger partial charge in [0.05, 0.1) is 6.33 Å². The molecule has 0 amide bonds. The number of rotatable bonds is 3. The number of nitrogens with zero attached hydrogens (tertiary/aromatic N) is 2. The molecule has 7 heteroatoms. The van der Waals surface area contributed by atoms with Gasteiger partial charge in [0.25, 0.3) is 5.56 Å². The Morgan fingerprint density at radius 1 is 1.71 bits per heavy atom. The van der Waals surface area contributed by atoms with E-state index in [-0.39, 0.29) is 5.69 Å². The van der Waals surface area contributed by atoms with Crippen LogP contribution in [0.1, 0.15) is 24.6 Å². The van der Waals surface area contributed by atoms with Crippen molar-refractivity contribution in [3.05, 3.63) is 28.2 Å². The first-order valence-electron chi connectivity index (χ1n) is 5.18. The number of carboxylic acid groups (broad SMARTS) is 1. The van der Waals surface area contributed by atoms with Crippen molar-refractivity contribution in [2.75, 3.05) is 6.61 Å². The van der Waals surface area contributed by atoms with E-state index in [0.29, 0.717) is 13.0 Å². The Morgan fingerprint density at radius 3 is 3.06 bits per heavy atom. The number of hydrogen-bond donors (Lipinski definition) is 1. The summed E-state index contributed by atoms with van der Waals surface area (Å²) in [6, 6.07) is 0. The van der Waals surface area contributed by atoms with E-state index in [1.54, 1.807) is 0 Å². The van der Waals surface area contributed by atoms with Crippen LogP contribution in [-0.2, 0) is 16.1 Å². The molecule has 1 saturated heterocycles. The van der Waals surface area contributed by atoms with Crippen molar-refractivity contribution in [3.8, 4) is 0 Å². The van der Waals surface area contributed by atoms with Crippen LogP contribution in [0.3, 0.4) is 0 Å². The molecule has 0 saturated carbocycles. The first-order chi connectivity index (χ1) is 8.09. The molecule has 6 nitrogen and oxygen atoms in total. The predicted molar refractivity (Wildman–Crippen MR) is 54.0 cm³/mol. The van der Waals surface area contributed by atoms with E-state index in [1.807, 2.05) is 0 Å². The molecule has 92 valence electrons. The summed E-state index contributed by atoms with van der Waals surface area (Å²) in [5.74, 6) is -2.25. The lowest BCUT2D eigenvalue weighted by atomic mass is 10.2. The van der Waals surface area contributed by atoms with Crippen molar-refractivity contribution < 1.29 is 19.0 Å². The third kappa shape index (κ3) is 2.33. The fraction of sp³-hybridized carbons (Fsp3) is 0.500. The van der Waals surface area contributed by atoms with Gasteiger partial charge in [-0.1, -0.05) is 0 Å². The van der Waals surface area contributed by atoms with E-state index in [2.05, 4.69) is 4.98 Å². The van der Waals surface area contributed by atoms with Gasteiger partial charge in [-0.3, -0.25) is 14.2 Å². The molecule has 1 fully saturated rings. The van der Waals surface area contributed by atoms with Crippen molar-refractivity contribution >= 4 is 5.97 Å². The lowest BCUT2D eigenvalue weighted by Gasteiger charge is -2.10. The minimum Gasteiger partial charge on any atom is -0.480 e. The Labute approximate surface area is 95.7 Å². The Bertz CT molecular complexity index is 494. The molecule has 1 atom stereocenters. The zero-order chi connectivity index (χ0) is 12.4. The summed E-state index contributed by atoms with van der Waals surface area (Å²) in [5.41, 5.74) is -1.01. The third-order valence-electron chi connectivity index (χ3n) is 2.55. The summed E-state index contributed by atoms with van der Waals surface area (Å²) in [6.07, 6.45) is 1.95. The standard InChI is InChI=1S/C10H11FN2O4/c11-8-9(6-2-1-3-17-6)12-5-13(10(8)16)4-7(14)15/h5-6H,1-4H2,(H,14,15). The fourth-order valence-electron chi connectivity index (χ4n) is 1.75. The summed E-state index contributed by atoms with van der Waals surface area (Å²) < 4.78 is 19.6. The highest BCUT2D eigenvalue weighted by Gasteiger charge is 2.25. The van der Waals surface area contributed by atoms with Crippen molar-refractivity contribution in [3.63, 3.8) is 0 Å². The first kappa shape index (κ1) is 11.7. The second-order valence-electron chi connectivity index (χ2n) is 3.77. The molecule has 1 N–H and O–H groups in total. The number of hydrogen-bond acceptors (Lipinski definition) is 4. The number of aliphatic carboxylic acids is 1. The van der Waals surface area contributed by atoms with E-state index >= 15 is 0 Å². The van der Waals surface area contributed by atoms with Gasteiger partial charge in [-0.05, 0) is 12.8 Å². The van der Waals surface area contributed by atoms with Crippen molar-refractivity contribution in [1.29, 1.82) is 0 Å². The van der Waals surface area contributed by atoms with Crippen LogP contribution in [0.25, 0.3) is 0 Å². The number of carboxylic acids is 1. The summed E-state index contributed by atoms with van der Waals surface area (Å²) >= 11 is 0. The van der Waals surface area contributed by atoms with Gasteiger partial charge in [0.1, 0.15) is 18.3 Å². The maximum absolute atomic E-state index is 13.7. The minimum atomic E-state index is -1.22. The molecule has 1 aromatic heterocycles. The lowest BCUT2D eigenvalue weighted by Crippen LogP contribution is -2.29. The molecular weight excluding hydrogens is 231 g/mol. The van der Waals surface area contributed by atoms with Gasteiger partial charge in [0.2, 0.25) is 5.82 Å². The van der Waals surface area contributed by atoms with E-state index in [1.165, 1.54) is 0 Å². The minimum absolute atomic E-state index is 0.0332. The SMILES string of the molecule is O=C(O)Cn1cnc(C2CCCO2)c(F)c1=O. The maximum atomic E-state index is 13.7. The normalized spacial score (nSPS) is 19.5. The summed E-state index contributed by atoms with van der Waals surface area (Å²) in [5, 5.41) is 8.53. The molecule has 0 aromatic carbocycles. The van der Waals surface area contributed by atoms with Gasteiger partial charge in [0.15, 0.2) is 0 Å². The van der Waals surface area contributed by atoms with Crippen LogP contribution in [0.5, 0.6) is 0 Å². The van der Waals surface area contributed by atoms with Crippen LogP contribution < -0.4 is 5.56 Å². The van der Waals surface area contributed by atoms with E-state index in [0.717, 1.165) is 17.3 Å². The zero-order valence-electron chi connectivity index (χ0n) is 8.93. The smallest absolute Gasteiger partial charge is 0.323 e.